The van der Waals surface area contributed by atoms with Gasteiger partial charge in [0.05, 0.1) is 15.6 Å². The summed E-state index contributed by atoms with van der Waals surface area (Å²) in [6, 6.07) is 3.78. The number of aromatic nitrogens is 1. The van der Waals surface area contributed by atoms with Crippen molar-refractivity contribution >= 4 is 50.0 Å². The Morgan fingerprint density at radius 2 is 1.88 bits per heavy atom. The van der Waals surface area contributed by atoms with Gasteiger partial charge in [0, 0.05) is 15.6 Å². The molecular formula is C13H10BrCl2N. The number of hydrogen-bond donors (Lipinski definition) is 0. The van der Waals surface area contributed by atoms with Crippen molar-refractivity contribution in [3.63, 3.8) is 0 Å². The van der Waals surface area contributed by atoms with Gasteiger partial charge in [-0.05, 0) is 43.4 Å². The number of rotatable bonds is 0. The molecule has 0 spiro atoms. The molecule has 88 valence electrons. The van der Waals surface area contributed by atoms with Crippen LogP contribution in [-0.2, 0) is 12.8 Å². The normalized spacial score (nSPS) is 15.0. The van der Waals surface area contributed by atoms with Crippen molar-refractivity contribution in [2.45, 2.75) is 25.7 Å². The average molecular weight is 331 g/mol. The topological polar surface area (TPSA) is 12.9 Å². The summed E-state index contributed by atoms with van der Waals surface area (Å²) in [5.41, 5.74) is 3.13. The lowest BCUT2D eigenvalue weighted by molar-refractivity contribution is 0.671. The minimum atomic E-state index is 0.665. The second-order valence-corrected chi connectivity index (χ2v) is 5.95. The first kappa shape index (κ1) is 11.8. The molecule has 0 N–H and O–H groups in total. The average Bonchev–Trinajstić information content (AvgIpc) is 2.34. The van der Waals surface area contributed by atoms with Crippen LogP contribution in [0, 0.1) is 0 Å². The Morgan fingerprint density at radius 3 is 2.71 bits per heavy atom. The van der Waals surface area contributed by atoms with E-state index in [1.165, 1.54) is 18.4 Å². The summed E-state index contributed by atoms with van der Waals surface area (Å²) in [6.07, 6.45) is 4.41. The molecule has 1 aromatic heterocycles. The van der Waals surface area contributed by atoms with Crippen LogP contribution in [0.15, 0.2) is 16.6 Å². The molecule has 0 bridgehead atoms. The molecule has 1 nitrogen and oxygen atoms in total. The molecule has 1 aliphatic carbocycles. The number of fused-ring (bicyclic) bond motifs is 2. The number of nitrogens with zero attached hydrogens (tertiary/aromatic N) is 1. The van der Waals surface area contributed by atoms with Crippen molar-refractivity contribution in [2.24, 2.45) is 0 Å². The molecule has 3 rings (SSSR count). The zero-order valence-electron chi connectivity index (χ0n) is 9.06. The highest BCUT2D eigenvalue weighted by Crippen LogP contribution is 2.38. The maximum Gasteiger partial charge on any atom is 0.0918 e. The predicted octanol–water partition coefficient (Wildman–Crippen LogP) is 5.18. The Bertz CT molecular complexity index is 610. The third kappa shape index (κ3) is 1.87. The highest BCUT2D eigenvalue weighted by molar-refractivity contribution is 9.10. The van der Waals surface area contributed by atoms with Gasteiger partial charge >= 0.3 is 0 Å². The highest BCUT2D eigenvalue weighted by atomic mass is 79.9. The van der Waals surface area contributed by atoms with Crippen LogP contribution in [0.25, 0.3) is 10.9 Å². The molecule has 1 heterocycles. The lowest BCUT2D eigenvalue weighted by Crippen LogP contribution is -2.06. The van der Waals surface area contributed by atoms with Gasteiger partial charge in [-0.15, -0.1) is 0 Å². The van der Waals surface area contributed by atoms with Gasteiger partial charge in [0.2, 0.25) is 0 Å². The van der Waals surface area contributed by atoms with Gasteiger partial charge in [0.1, 0.15) is 0 Å². The van der Waals surface area contributed by atoms with Crippen LogP contribution in [-0.4, -0.2) is 4.98 Å². The quantitative estimate of drug-likeness (QED) is 0.648. The minimum Gasteiger partial charge on any atom is -0.251 e. The van der Waals surface area contributed by atoms with Gasteiger partial charge in [-0.1, -0.05) is 39.1 Å². The van der Waals surface area contributed by atoms with Crippen LogP contribution in [0.3, 0.4) is 0 Å². The molecule has 0 aliphatic heterocycles. The summed E-state index contributed by atoms with van der Waals surface area (Å²) in [5, 5.41) is 2.43. The SMILES string of the molecule is Clc1ccc(Br)c2c(Cl)c3c(nc12)CCCC3. The van der Waals surface area contributed by atoms with Gasteiger partial charge in [-0.3, -0.25) is 4.98 Å². The molecule has 0 saturated carbocycles. The van der Waals surface area contributed by atoms with Crippen LogP contribution in [0.4, 0.5) is 0 Å². The van der Waals surface area contributed by atoms with Crippen molar-refractivity contribution in [3.05, 3.63) is 37.9 Å². The monoisotopic (exact) mass is 329 g/mol. The molecule has 0 amide bonds. The Balaban J connectivity index is 2.44. The fourth-order valence-corrected chi connectivity index (χ4v) is 3.62. The van der Waals surface area contributed by atoms with Gasteiger partial charge < -0.3 is 0 Å². The number of benzene rings is 1. The van der Waals surface area contributed by atoms with Crippen molar-refractivity contribution < 1.29 is 0 Å². The Labute approximate surface area is 118 Å². The van der Waals surface area contributed by atoms with E-state index < -0.39 is 0 Å². The smallest absolute Gasteiger partial charge is 0.0918 e. The van der Waals surface area contributed by atoms with Gasteiger partial charge in [-0.2, -0.15) is 0 Å². The zero-order valence-corrected chi connectivity index (χ0v) is 12.2. The molecule has 4 heteroatoms. The van der Waals surface area contributed by atoms with E-state index in [4.69, 9.17) is 28.2 Å². The van der Waals surface area contributed by atoms with E-state index in [9.17, 15) is 0 Å². The summed E-state index contributed by atoms with van der Waals surface area (Å²) in [5.74, 6) is 0. The molecule has 2 aromatic rings. The summed E-state index contributed by atoms with van der Waals surface area (Å²) in [7, 11) is 0. The molecular weight excluding hydrogens is 321 g/mol. The summed E-state index contributed by atoms with van der Waals surface area (Å²) >= 11 is 16.2. The first-order chi connectivity index (χ1) is 8.18. The molecule has 1 aliphatic rings. The number of hydrogen-bond acceptors (Lipinski definition) is 1. The van der Waals surface area contributed by atoms with Crippen LogP contribution in [0.2, 0.25) is 10.0 Å². The molecule has 0 saturated heterocycles. The molecule has 0 unspecified atom stereocenters. The van der Waals surface area contributed by atoms with E-state index >= 15 is 0 Å². The molecule has 1 aromatic carbocycles. The van der Waals surface area contributed by atoms with E-state index in [0.29, 0.717) is 5.02 Å². The second-order valence-electron chi connectivity index (χ2n) is 4.31. The van der Waals surface area contributed by atoms with Crippen LogP contribution >= 0.6 is 39.1 Å². The second kappa shape index (κ2) is 4.42. The van der Waals surface area contributed by atoms with Crippen LogP contribution < -0.4 is 0 Å². The Morgan fingerprint density at radius 1 is 1.12 bits per heavy atom. The molecule has 0 fully saturated rings. The summed E-state index contributed by atoms with van der Waals surface area (Å²) in [6.45, 7) is 0. The number of halogens is 3. The van der Waals surface area contributed by atoms with Gasteiger partial charge in [0.15, 0.2) is 0 Å². The summed E-state index contributed by atoms with van der Waals surface area (Å²) < 4.78 is 0.961. The fraction of sp³-hybridized carbons (Fsp3) is 0.308. The Kier molecular flexibility index (Phi) is 3.06. The number of aryl methyl sites for hydroxylation is 1. The van der Waals surface area contributed by atoms with E-state index in [1.54, 1.807) is 0 Å². The van der Waals surface area contributed by atoms with Gasteiger partial charge in [0.25, 0.3) is 0 Å². The molecule has 0 radical (unpaired) electrons. The standard InChI is InChI=1S/C13H10BrCl2N/c14-8-5-6-9(15)13-11(8)12(16)7-3-1-2-4-10(7)17-13/h5-6H,1-4H2. The maximum absolute atomic E-state index is 6.51. The zero-order chi connectivity index (χ0) is 12.0. The van der Waals surface area contributed by atoms with E-state index in [0.717, 1.165) is 38.9 Å². The number of pyridine rings is 1. The summed E-state index contributed by atoms with van der Waals surface area (Å²) in [4.78, 5) is 4.69. The van der Waals surface area contributed by atoms with Crippen LogP contribution in [0.1, 0.15) is 24.1 Å². The van der Waals surface area contributed by atoms with Crippen molar-refractivity contribution in [2.75, 3.05) is 0 Å². The van der Waals surface area contributed by atoms with Crippen molar-refractivity contribution in [1.29, 1.82) is 0 Å². The Hall–Kier alpha value is -0.310. The lowest BCUT2D eigenvalue weighted by Gasteiger charge is -2.18. The third-order valence-electron chi connectivity index (χ3n) is 3.25. The molecule has 17 heavy (non-hydrogen) atoms. The maximum atomic E-state index is 6.51. The van der Waals surface area contributed by atoms with E-state index in [1.807, 2.05) is 12.1 Å². The minimum absolute atomic E-state index is 0.665. The predicted molar refractivity (Wildman–Crippen MR) is 76.1 cm³/mol. The first-order valence-electron chi connectivity index (χ1n) is 5.63. The largest absolute Gasteiger partial charge is 0.251 e. The van der Waals surface area contributed by atoms with Crippen molar-refractivity contribution in [3.8, 4) is 0 Å². The third-order valence-corrected chi connectivity index (χ3v) is 4.63. The van der Waals surface area contributed by atoms with Gasteiger partial charge in [-0.25, -0.2) is 0 Å². The molecule has 0 atom stereocenters. The fourth-order valence-electron chi connectivity index (χ4n) is 2.39. The highest BCUT2D eigenvalue weighted by Gasteiger charge is 2.19. The lowest BCUT2D eigenvalue weighted by atomic mass is 9.94. The first-order valence-corrected chi connectivity index (χ1v) is 7.18. The van der Waals surface area contributed by atoms with Crippen LogP contribution in [0.5, 0.6) is 0 Å². The van der Waals surface area contributed by atoms with E-state index in [2.05, 4.69) is 15.9 Å². The van der Waals surface area contributed by atoms with Crippen molar-refractivity contribution in [1.82, 2.24) is 4.98 Å². The van der Waals surface area contributed by atoms with E-state index in [-0.39, 0.29) is 0 Å².